The van der Waals surface area contributed by atoms with E-state index in [-0.39, 0.29) is 6.04 Å². The Morgan fingerprint density at radius 3 is 1.94 bits per heavy atom. The molecule has 0 amide bonds. The highest BCUT2D eigenvalue weighted by Crippen LogP contribution is 2.42. The monoisotopic (exact) mass is 819 g/mol. The van der Waals surface area contributed by atoms with Crippen molar-refractivity contribution in [2.24, 2.45) is 0 Å². The van der Waals surface area contributed by atoms with Crippen LogP contribution in [0.5, 0.6) is 0 Å². The first-order valence-electron chi connectivity index (χ1n) is 21.7. The fourth-order valence-electron chi connectivity index (χ4n) is 10.1. The van der Waals surface area contributed by atoms with E-state index in [1.54, 1.807) is 0 Å². The van der Waals surface area contributed by atoms with Crippen molar-refractivity contribution < 1.29 is 4.58 Å². The quantitative estimate of drug-likeness (QED) is 0.120. The van der Waals surface area contributed by atoms with Crippen LogP contribution in [0.2, 0.25) is 0 Å². The summed E-state index contributed by atoms with van der Waals surface area (Å²) in [6.45, 7) is 0. The van der Waals surface area contributed by atoms with Crippen molar-refractivity contribution in [2.75, 3.05) is 4.90 Å². The summed E-state index contributed by atoms with van der Waals surface area (Å²) in [6.07, 6.45) is 4.78. The molecule has 0 N–H and O–H groups in total. The van der Waals surface area contributed by atoms with Crippen LogP contribution >= 0.6 is 11.3 Å². The van der Waals surface area contributed by atoms with Crippen molar-refractivity contribution >= 4 is 88.1 Å². The van der Waals surface area contributed by atoms with Gasteiger partial charge in [0.15, 0.2) is 6.20 Å². The Hall–Kier alpha value is -7.85. The van der Waals surface area contributed by atoms with Crippen LogP contribution in [0.4, 0.5) is 17.1 Å². The van der Waals surface area contributed by atoms with Crippen molar-refractivity contribution in [3.8, 4) is 22.3 Å². The molecule has 1 unspecified atom stereocenters. The normalized spacial score (nSPS) is 14.1. The summed E-state index contributed by atoms with van der Waals surface area (Å²) in [5.41, 5.74) is 13.4. The molecule has 11 aromatic rings. The van der Waals surface area contributed by atoms with Crippen molar-refractivity contribution in [1.29, 1.82) is 0 Å². The first-order chi connectivity index (χ1) is 31.2. The molecule has 0 saturated heterocycles. The summed E-state index contributed by atoms with van der Waals surface area (Å²) in [5.74, 6) is 0. The van der Waals surface area contributed by atoms with Gasteiger partial charge < -0.3 is 4.90 Å². The fourth-order valence-corrected chi connectivity index (χ4v) is 11.2. The highest BCUT2D eigenvalue weighted by atomic mass is 32.1. The molecule has 2 aliphatic rings. The number of anilines is 3. The van der Waals surface area contributed by atoms with Crippen molar-refractivity contribution in [1.82, 2.24) is 0 Å². The molecule has 10 aromatic carbocycles. The fraction of sp³-hybridized carbons (Fsp3) is 0.0167. The van der Waals surface area contributed by atoms with Gasteiger partial charge in [0.25, 0.3) is 0 Å². The van der Waals surface area contributed by atoms with Crippen LogP contribution in [0.25, 0.3) is 76.2 Å². The molecule has 3 heterocycles. The highest BCUT2D eigenvalue weighted by Gasteiger charge is 2.38. The zero-order chi connectivity index (χ0) is 41.4. The van der Waals surface area contributed by atoms with Crippen LogP contribution in [0.1, 0.15) is 22.7 Å². The molecule has 0 bridgehead atoms. The van der Waals surface area contributed by atoms with Gasteiger partial charge in [-0.05, 0) is 140 Å². The van der Waals surface area contributed by atoms with Gasteiger partial charge in [-0.2, -0.15) is 4.58 Å². The maximum absolute atomic E-state index is 2.46. The van der Waals surface area contributed by atoms with Gasteiger partial charge in [-0.3, -0.25) is 0 Å². The van der Waals surface area contributed by atoms with E-state index >= 15 is 0 Å². The smallest absolute Gasteiger partial charge is 0.221 e. The Bertz CT molecular complexity index is 3800. The van der Waals surface area contributed by atoms with E-state index in [2.05, 4.69) is 240 Å². The third kappa shape index (κ3) is 5.96. The van der Waals surface area contributed by atoms with E-state index in [4.69, 9.17) is 0 Å². The van der Waals surface area contributed by atoms with Crippen molar-refractivity contribution in [3.63, 3.8) is 0 Å². The van der Waals surface area contributed by atoms with Crippen molar-refractivity contribution in [2.45, 2.75) is 6.04 Å². The van der Waals surface area contributed by atoms with Crippen LogP contribution < -0.4 is 15.3 Å². The van der Waals surface area contributed by atoms with Crippen LogP contribution in [0.15, 0.2) is 218 Å². The summed E-state index contributed by atoms with van der Waals surface area (Å²) < 4.78 is 5.07. The molecule has 0 saturated carbocycles. The van der Waals surface area contributed by atoms with Crippen molar-refractivity contribution in [3.05, 3.63) is 246 Å². The van der Waals surface area contributed by atoms with Gasteiger partial charge >= 0.3 is 0 Å². The number of hydrogen-bond acceptors (Lipinski definition) is 2. The zero-order valence-corrected chi connectivity index (χ0v) is 35.1. The standard InChI is InChI=1S/C60H39N2S/c1-2-12-41(13-3-1)60-55-19-7-6-17-53(55)57-36-47-34-44(22-24-46(47)38-61(57)60)43-15-10-14-42(33-43)39-25-27-48(28-26-39)62(50-30-32-59-56(37-50)54-18-8-9-20-58(54)63-59)49-29-31-52-45(35-49)23-21-40-11-4-5-16-51(40)52/h1-38,57H/q+1. The molecule has 3 heteroatoms. The Morgan fingerprint density at radius 2 is 1.03 bits per heavy atom. The second-order valence-electron chi connectivity index (χ2n) is 16.7. The summed E-state index contributed by atoms with van der Waals surface area (Å²) in [5, 5.41) is 10.1. The van der Waals surface area contributed by atoms with Crippen LogP contribution in [-0.4, -0.2) is 10.3 Å². The van der Waals surface area contributed by atoms with E-state index in [1.165, 1.54) is 96.8 Å². The Morgan fingerprint density at radius 1 is 0.381 bits per heavy atom. The molecule has 13 rings (SSSR count). The molecule has 2 nitrogen and oxygen atoms in total. The maximum atomic E-state index is 2.46. The van der Waals surface area contributed by atoms with Crippen LogP contribution in [0, 0.1) is 0 Å². The summed E-state index contributed by atoms with van der Waals surface area (Å²) in [6, 6.07) is 80.6. The number of nitrogens with zero attached hydrogens (tertiary/aromatic N) is 2. The number of benzene rings is 10. The molecule has 2 aliphatic heterocycles. The van der Waals surface area contributed by atoms with Crippen LogP contribution in [0.3, 0.4) is 0 Å². The SMILES string of the molecule is C1=c2ccc(-c3cccc(-c4ccc(N(c5ccc6c(ccc7ccccc76)c5)c5ccc6sc7ccccc7c6c5)cc4)c3)cc2=CC2c3ccccc3C(c3ccccc3)=[N+]12. The molecular weight excluding hydrogens is 781 g/mol. The lowest BCUT2D eigenvalue weighted by atomic mass is 9.96. The number of rotatable bonds is 6. The van der Waals surface area contributed by atoms with Gasteiger partial charge in [0.2, 0.25) is 11.8 Å². The Labute approximate surface area is 369 Å². The first kappa shape index (κ1) is 35.9. The predicted octanol–water partition coefficient (Wildman–Crippen LogP) is 14.3. The van der Waals surface area contributed by atoms with Gasteiger partial charge in [-0.1, -0.05) is 133 Å². The lowest BCUT2D eigenvalue weighted by Gasteiger charge is -2.26. The minimum absolute atomic E-state index is 0.157. The lowest BCUT2D eigenvalue weighted by Crippen LogP contribution is -2.33. The van der Waals surface area contributed by atoms with Gasteiger partial charge in [-0.15, -0.1) is 11.3 Å². The van der Waals surface area contributed by atoms with Gasteiger partial charge in [-0.25, -0.2) is 0 Å². The van der Waals surface area contributed by atoms with E-state index in [0.29, 0.717) is 0 Å². The predicted molar refractivity (Wildman–Crippen MR) is 267 cm³/mol. The van der Waals surface area contributed by atoms with Gasteiger partial charge in [0.05, 0.1) is 5.56 Å². The number of thiophene rings is 1. The van der Waals surface area contributed by atoms with E-state index in [9.17, 15) is 0 Å². The van der Waals surface area contributed by atoms with Crippen LogP contribution in [-0.2, 0) is 0 Å². The molecule has 0 radical (unpaired) electrons. The molecular formula is C60H39N2S+. The molecule has 0 spiro atoms. The molecule has 294 valence electrons. The molecule has 1 aromatic heterocycles. The third-order valence-corrected chi connectivity index (χ3v) is 14.3. The summed E-state index contributed by atoms with van der Waals surface area (Å²) in [4.78, 5) is 2.41. The maximum Gasteiger partial charge on any atom is 0.221 e. The molecule has 0 fully saturated rings. The molecule has 1 atom stereocenters. The average molecular weight is 820 g/mol. The zero-order valence-electron chi connectivity index (χ0n) is 34.3. The second-order valence-corrected chi connectivity index (χ2v) is 17.8. The number of hydrogen-bond donors (Lipinski definition) is 0. The Balaban J connectivity index is 0.874. The van der Waals surface area contributed by atoms with E-state index in [1.807, 2.05) is 11.3 Å². The summed E-state index contributed by atoms with van der Waals surface area (Å²) >= 11 is 1.86. The lowest BCUT2D eigenvalue weighted by molar-refractivity contribution is -0.448. The third-order valence-electron chi connectivity index (χ3n) is 13.1. The average Bonchev–Trinajstić information content (AvgIpc) is 3.88. The minimum Gasteiger partial charge on any atom is -0.310 e. The number of fused-ring (bicyclic) bond motifs is 10. The van der Waals surface area contributed by atoms with Gasteiger partial charge in [0.1, 0.15) is 0 Å². The summed E-state index contributed by atoms with van der Waals surface area (Å²) in [7, 11) is 0. The topological polar surface area (TPSA) is 6.25 Å². The largest absolute Gasteiger partial charge is 0.310 e. The highest BCUT2D eigenvalue weighted by molar-refractivity contribution is 7.25. The van der Waals surface area contributed by atoms with E-state index < -0.39 is 0 Å². The second kappa shape index (κ2) is 14.4. The molecule has 0 aliphatic carbocycles. The minimum atomic E-state index is 0.157. The van der Waals surface area contributed by atoms with Gasteiger partial charge in [0, 0.05) is 53.6 Å². The molecule has 63 heavy (non-hydrogen) atoms. The van der Waals surface area contributed by atoms with E-state index in [0.717, 1.165) is 17.1 Å². The first-order valence-corrected chi connectivity index (χ1v) is 22.5. The Kier molecular flexibility index (Phi) is 8.18.